The van der Waals surface area contributed by atoms with E-state index in [1.165, 1.54) is 19.5 Å². The Bertz CT molecular complexity index is 1060. The van der Waals surface area contributed by atoms with Crippen LogP contribution in [0.1, 0.15) is 26.3 Å². The maximum atomic E-state index is 12.4. The number of nitriles is 1. The number of nitrogens with one attached hydrogen (secondary N) is 2. The minimum atomic E-state index is -0.550. The maximum Gasteiger partial charge on any atom is 0.339 e. The average Bonchev–Trinajstić information content (AvgIpc) is 2.74. The highest BCUT2D eigenvalue weighted by Gasteiger charge is 2.15. The predicted octanol–water partition coefficient (Wildman–Crippen LogP) is 3.13. The fourth-order valence-corrected chi connectivity index (χ4v) is 2.38. The predicted molar refractivity (Wildman–Crippen MR) is 102 cm³/mol. The number of hydrogen-bond acceptors (Lipinski definition) is 7. The van der Waals surface area contributed by atoms with Crippen molar-refractivity contribution < 1.29 is 14.3 Å². The van der Waals surface area contributed by atoms with Gasteiger partial charge in [0.25, 0.3) is 5.91 Å². The van der Waals surface area contributed by atoms with Crippen LogP contribution in [0, 0.1) is 11.3 Å². The van der Waals surface area contributed by atoms with Crippen molar-refractivity contribution in [2.24, 2.45) is 0 Å². The summed E-state index contributed by atoms with van der Waals surface area (Å²) in [4.78, 5) is 32.4. The Morgan fingerprint density at radius 2 is 1.82 bits per heavy atom. The van der Waals surface area contributed by atoms with Crippen molar-refractivity contribution in [3.63, 3.8) is 0 Å². The molecule has 2 N–H and O–H groups in total. The number of methoxy groups -OCH3 is 1. The molecular formula is C20H15N5O3. The summed E-state index contributed by atoms with van der Waals surface area (Å²) in [7, 11) is 1.27. The van der Waals surface area contributed by atoms with Gasteiger partial charge in [-0.2, -0.15) is 5.26 Å². The molecule has 1 amide bonds. The fraction of sp³-hybridized carbons (Fsp3) is 0.0500. The van der Waals surface area contributed by atoms with Crippen LogP contribution < -0.4 is 10.6 Å². The molecule has 0 saturated carbocycles. The number of amides is 1. The first-order chi connectivity index (χ1) is 13.6. The lowest BCUT2D eigenvalue weighted by atomic mass is 10.1. The standard InChI is InChI=1S/C20H15N5O3/c1-28-19(27)16-7-2-3-8-17(16)25-18(26)14-11-22-20(23-12-14)24-15-6-4-5-13(9-15)10-21/h2-9,11-12H,1H3,(H,25,26)(H,22,23,24). The third-order valence-corrected chi connectivity index (χ3v) is 3.74. The number of benzene rings is 2. The second-order valence-electron chi connectivity index (χ2n) is 5.60. The number of ether oxygens (including phenoxy) is 1. The Kier molecular flexibility index (Phi) is 5.58. The molecule has 2 aromatic carbocycles. The number of para-hydroxylation sites is 1. The summed E-state index contributed by atoms with van der Waals surface area (Å²) in [6, 6.07) is 15.4. The van der Waals surface area contributed by atoms with Crippen LogP contribution in [0.4, 0.5) is 17.3 Å². The second-order valence-corrected chi connectivity index (χ2v) is 5.60. The van der Waals surface area contributed by atoms with Gasteiger partial charge in [0.2, 0.25) is 5.95 Å². The van der Waals surface area contributed by atoms with Crippen LogP contribution in [-0.4, -0.2) is 29.0 Å². The molecule has 0 unspecified atom stereocenters. The van der Waals surface area contributed by atoms with Gasteiger partial charge in [0.1, 0.15) is 0 Å². The minimum Gasteiger partial charge on any atom is -0.465 e. The number of aromatic nitrogens is 2. The molecular weight excluding hydrogens is 358 g/mol. The molecule has 28 heavy (non-hydrogen) atoms. The summed E-state index contributed by atoms with van der Waals surface area (Å²) < 4.78 is 4.71. The highest BCUT2D eigenvalue weighted by Crippen LogP contribution is 2.18. The smallest absolute Gasteiger partial charge is 0.339 e. The zero-order valence-corrected chi connectivity index (χ0v) is 14.8. The van der Waals surface area contributed by atoms with Crippen LogP contribution in [-0.2, 0) is 4.74 Å². The molecule has 3 aromatic rings. The Labute approximate surface area is 160 Å². The number of carbonyl (C=O) groups is 2. The van der Waals surface area contributed by atoms with E-state index >= 15 is 0 Å². The number of rotatable bonds is 5. The zero-order chi connectivity index (χ0) is 19.9. The lowest BCUT2D eigenvalue weighted by Crippen LogP contribution is -2.16. The van der Waals surface area contributed by atoms with Crippen molar-refractivity contribution in [3.05, 3.63) is 77.6 Å². The Balaban J connectivity index is 1.72. The summed E-state index contributed by atoms with van der Waals surface area (Å²) in [5.74, 6) is -0.734. The summed E-state index contributed by atoms with van der Waals surface area (Å²) >= 11 is 0. The topological polar surface area (TPSA) is 117 Å². The van der Waals surface area contributed by atoms with Gasteiger partial charge >= 0.3 is 5.97 Å². The van der Waals surface area contributed by atoms with E-state index < -0.39 is 11.9 Å². The summed E-state index contributed by atoms with van der Waals surface area (Å²) in [5.41, 5.74) is 1.95. The van der Waals surface area contributed by atoms with Crippen LogP contribution in [0.25, 0.3) is 0 Å². The van der Waals surface area contributed by atoms with Crippen molar-refractivity contribution in [2.45, 2.75) is 0 Å². The normalized spacial score (nSPS) is 9.86. The summed E-state index contributed by atoms with van der Waals surface area (Å²) in [6.45, 7) is 0. The molecule has 1 aromatic heterocycles. The van der Waals surface area contributed by atoms with Gasteiger partial charge in [-0.25, -0.2) is 14.8 Å². The molecule has 0 radical (unpaired) electrons. The highest BCUT2D eigenvalue weighted by molar-refractivity contribution is 6.07. The van der Waals surface area contributed by atoms with E-state index in [1.54, 1.807) is 48.5 Å². The lowest BCUT2D eigenvalue weighted by molar-refractivity contribution is 0.0602. The maximum absolute atomic E-state index is 12.4. The van der Waals surface area contributed by atoms with Crippen LogP contribution in [0.5, 0.6) is 0 Å². The lowest BCUT2D eigenvalue weighted by Gasteiger charge is -2.10. The van der Waals surface area contributed by atoms with Gasteiger partial charge in [0, 0.05) is 18.1 Å². The molecule has 0 saturated heterocycles. The SMILES string of the molecule is COC(=O)c1ccccc1NC(=O)c1cnc(Nc2cccc(C#N)c2)nc1. The highest BCUT2D eigenvalue weighted by atomic mass is 16.5. The van der Waals surface area contributed by atoms with Crippen molar-refractivity contribution in [1.82, 2.24) is 9.97 Å². The Morgan fingerprint density at radius 1 is 1.07 bits per heavy atom. The molecule has 0 aliphatic heterocycles. The van der Waals surface area contributed by atoms with Crippen molar-refractivity contribution >= 4 is 29.2 Å². The van der Waals surface area contributed by atoms with Gasteiger partial charge in [-0.05, 0) is 30.3 Å². The van der Waals surface area contributed by atoms with Crippen LogP contribution in [0.2, 0.25) is 0 Å². The van der Waals surface area contributed by atoms with E-state index in [0.717, 1.165) is 0 Å². The molecule has 0 atom stereocenters. The van der Waals surface area contributed by atoms with Gasteiger partial charge in [0.05, 0.1) is 35.6 Å². The quantitative estimate of drug-likeness (QED) is 0.660. The molecule has 1 heterocycles. The first kappa shape index (κ1) is 18.5. The Hall–Kier alpha value is -4.25. The van der Waals surface area contributed by atoms with Gasteiger partial charge in [-0.15, -0.1) is 0 Å². The van der Waals surface area contributed by atoms with Crippen molar-refractivity contribution in [3.8, 4) is 6.07 Å². The van der Waals surface area contributed by atoms with E-state index in [2.05, 4.69) is 26.7 Å². The monoisotopic (exact) mass is 373 g/mol. The summed E-state index contributed by atoms with van der Waals surface area (Å²) in [6.07, 6.45) is 2.72. The first-order valence-corrected chi connectivity index (χ1v) is 8.18. The first-order valence-electron chi connectivity index (χ1n) is 8.18. The number of nitrogens with zero attached hydrogens (tertiary/aromatic N) is 3. The van der Waals surface area contributed by atoms with Crippen molar-refractivity contribution in [1.29, 1.82) is 5.26 Å². The molecule has 3 rings (SSSR count). The Morgan fingerprint density at radius 3 is 2.54 bits per heavy atom. The largest absolute Gasteiger partial charge is 0.465 e. The third kappa shape index (κ3) is 4.28. The fourth-order valence-electron chi connectivity index (χ4n) is 2.38. The molecule has 8 nitrogen and oxygen atoms in total. The number of esters is 1. The van der Waals surface area contributed by atoms with Crippen molar-refractivity contribution in [2.75, 3.05) is 17.7 Å². The molecule has 0 fully saturated rings. The van der Waals surface area contributed by atoms with E-state index in [9.17, 15) is 9.59 Å². The van der Waals surface area contributed by atoms with Gasteiger partial charge in [0.15, 0.2) is 0 Å². The molecule has 8 heteroatoms. The van der Waals surface area contributed by atoms with Crippen LogP contribution in [0.3, 0.4) is 0 Å². The molecule has 138 valence electrons. The van der Waals surface area contributed by atoms with Gasteiger partial charge < -0.3 is 15.4 Å². The number of carbonyl (C=O) groups excluding carboxylic acids is 2. The second kappa shape index (κ2) is 8.42. The van der Waals surface area contributed by atoms with Crippen LogP contribution >= 0.6 is 0 Å². The van der Waals surface area contributed by atoms with E-state index in [4.69, 9.17) is 10.00 Å². The summed E-state index contributed by atoms with van der Waals surface area (Å²) in [5, 5.41) is 14.5. The number of anilines is 3. The van der Waals surface area contributed by atoms with Gasteiger partial charge in [-0.3, -0.25) is 4.79 Å². The third-order valence-electron chi connectivity index (χ3n) is 3.74. The van der Waals surface area contributed by atoms with Gasteiger partial charge in [-0.1, -0.05) is 18.2 Å². The average molecular weight is 373 g/mol. The molecule has 0 aliphatic carbocycles. The number of hydrogen-bond donors (Lipinski definition) is 2. The minimum absolute atomic E-state index is 0.219. The van der Waals surface area contributed by atoms with Crippen LogP contribution in [0.15, 0.2) is 60.9 Å². The zero-order valence-electron chi connectivity index (χ0n) is 14.8. The molecule has 0 bridgehead atoms. The van der Waals surface area contributed by atoms with E-state index in [-0.39, 0.29) is 17.1 Å². The molecule has 0 aliphatic rings. The molecule has 0 spiro atoms. The van der Waals surface area contributed by atoms with E-state index in [0.29, 0.717) is 16.9 Å². The van der Waals surface area contributed by atoms with E-state index in [1.807, 2.05) is 0 Å².